The Morgan fingerprint density at radius 2 is 1.89 bits per heavy atom. The van der Waals surface area contributed by atoms with Crippen molar-refractivity contribution < 1.29 is 24.0 Å². The van der Waals surface area contributed by atoms with Crippen LogP contribution in [0.4, 0.5) is 5.69 Å². The number of rotatable bonds is 9. The summed E-state index contributed by atoms with van der Waals surface area (Å²) in [6, 6.07) is 10.0. The molecular formula is C18H18N4O6. The Hall–Kier alpha value is -3.95. The van der Waals surface area contributed by atoms with Crippen LogP contribution in [0.5, 0.6) is 11.5 Å². The Kier molecular flexibility index (Phi) is 7.03. The highest BCUT2D eigenvalue weighted by molar-refractivity contribution is 5.95. The normalized spacial score (nSPS) is 10.5. The van der Waals surface area contributed by atoms with Gasteiger partial charge in [-0.3, -0.25) is 19.7 Å². The first-order chi connectivity index (χ1) is 13.4. The molecule has 0 saturated carbocycles. The van der Waals surface area contributed by atoms with E-state index in [0.29, 0.717) is 23.7 Å². The molecule has 28 heavy (non-hydrogen) atoms. The summed E-state index contributed by atoms with van der Waals surface area (Å²) in [5.41, 5.74) is 8.12. The maximum atomic E-state index is 12.0. The largest absolute Gasteiger partial charge is 0.490 e. The van der Waals surface area contributed by atoms with Gasteiger partial charge in [0.05, 0.1) is 17.7 Å². The van der Waals surface area contributed by atoms with Crippen molar-refractivity contribution >= 4 is 23.7 Å². The highest BCUT2D eigenvalue weighted by Gasteiger charge is 2.09. The molecule has 10 heteroatoms. The zero-order valence-electron chi connectivity index (χ0n) is 15.0. The molecule has 0 saturated heterocycles. The van der Waals surface area contributed by atoms with E-state index in [1.807, 2.05) is 0 Å². The first kappa shape index (κ1) is 20.4. The molecule has 146 valence electrons. The lowest BCUT2D eigenvalue weighted by molar-refractivity contribution is -0.384. The number of nitro groups is 1. The highest BCUT2D eigenvalue weighted by Crippen LogP contribution is 2.28. The second-order valence-electron chi connectivity index (χ2n) is 5.40. The fourth-order valence-corrected chi connectivity index (χ4v) is 2.11. The van der Waals surface area contributed by atoms with Crippen LogP contribution < -0.4 is 20.6 Å². The fourth-order valence-electron chi connectivity index (χ4n) is 2.11. The number of hydrogen-bond donors (Lipinski definition) is 2. The topological polar surface area (TPSA) is 146 Å². The molecule has 0 spiro atoms. The standard InChI is InChI=1S/C18H18N4O6/c1-2-27-16-9-12(3-8-15(16)28-11-17(19)23)10-20-21-18(24)13-4-6-14(7-5-13)22(25)26/h3-10H,2,11H2,1H3,(H2,19,23)(H,21,24)/b20-10+. The van der Waals surface area contributed by atoms with Crippen LogP contribution in [0.3, 0.4) is 0 Å². The van der Waals surface area contributed by atoms with Crippen molar-refractivity contribution in [2.24, 2.45) is 10.8 Å². The van der Waals surface area contributed by atoms with Crippen LogP contribution in [0.25, 0.3) is 0 Å². The number of nitrogens with zero attached hydrogens (tertiary/aromatic N) is 2. The van der Waals surface area contributed by atoms with Gasteiger partial charge in [-0.1, -0.05) is 0 Å². The summed E-state index contributed by atoms with van der Waals surface area (Å²) in [4.78, 5) is 32.9. The molecule has 0 fully saturated rings. The summed E-state index contributed by atoms with van der Waals surface area (Å²) in [5, 5.41) is 14.5. The molecule has 0 heterocycles. The average molecular weight is 386 g/mol. The van der Waals surface area contributed by atoms with Gasteiger partial charge in [-0.2, -0.15) is 5.10 Å². The van der Waals surface area contributed by atoms with Gasteiger partial charge in [-0.05, 0) is 42.8 Å². The zero-order valence-corrected chi connectivity index (χ0v) is 15.0. The third kappa shape index (κ3) is 5.80. The third-order valence-corrected chi connectivity index (χ3v) is 3.36. The predicted molar refractivity (Wildman–Crippen MR) is 100 cm³/mol. The fraction of sp³-hybridized carbons (Fsp3) is 0.167. The van der Waals surface area contributed by atoms with Crippen LogP contribution in [0.1, 0.15) is 22.8 Å². The summed E-state index contributed by atoms with van der Waals surface area (Å²) >= 11 is 0. The number of ether oxygens (including phenoxy) is 2. The number of hydrogen-bond acceptors (Lipinski definition) is 7. The van der Waals surface area contributed by atoms with E-state index >= 15 is 0 Å². The number of nitrogens with one attached hydrogen (secondary N) is 1. The van der Waals surface area contributed by atoms with Crippen molar-refractivity contribution in [3.8, 4) is 11.5 Å². The number of hydrazone groups is 1. The molecule has 2 rings (SSSR count). The first-order valence-electron chi connectivity index (χ1n) is 8.16. The van der Waals surface area contributed by atoms with Crippen molar-refractivity contribution in [1.82, 2.24) is 5.43 Å². The van der Waals surface area contributed by atoms with Gasteiger partial charge in [0.25, 0.3) is 17.5 Å². The van der Waals surface area contributed by atoms with Crippen LogP contribution in [-0.4, -0.2) is 36.2 Å². The van der Waals surface area contributed by atoms with E-state index in [9.17, 15) is 19.7 Å². The number of nitrogens with two attached hydrogens (primary N) is 1. The minimum Gasteiger partial charge on any atom is -0.490 e. The number of carbonyl (C=O) groups is 2. The zero-order chi connectivity index (χ0) is 20.5. The second kappa shape index (κ2) is 9.67. The molecule has 0 unspecified atom stereocenters. The minimum atomic E-state index is -0.609. The number of carbonyl (C=O) groups excluding carboxylic acids is 2. The van der Waals surface area contributed by atoms with Crippen LogP contribution in [0.2, 0.25) is 0 Å². The number of amides is 2. The van der Waals surface area contributed by atoms with E-state index in [0.717, 1.165) is 0 Å². The molecule has 0 aromatic heterocycles. The monoisotopic (exact) mass is 386 g/mol. The van der Waals surface area contributed by atoms with Gasteiger partial charge >= 0.3 is 0 Å². The average Bonchev–Trinajstić information content (AvgIpc) is 2.67. The lowest BCUT2D eigenvalue weighted by atomic mass is 10.2. The lowest BCUT2D eigenvalue weighted by Crippen LogP contribution is -2.20. The van der Waals surface area contributed by atoms with E-state index in [2.05, 4.69) is 10.5 Å². The molecule has 0 radical (unpaired) electrons. The maximum Gasteiger partial charge on any atom is 0.271 e. The Morgan fingerprint density at radius 3 is 2.50 bits per heavy atom. The van der Waals surface area contributed by atoms with Gasteiger partial charge < -0.3 is 15.2 Å². The van der Waals surface area contributed by atoms with Crippen molar-refractivity contribution in [3.05, 3.63) is 63.7 Å². The highest BCUT2D eigenvalue weighted by atomic mass is 16.6. The van der Waals surface area contributed by atoms with Gasteiger partial charge in [-0.25, -0.2) is 5.43 Å². The molecule has 2 amide bonds. The molecule has 0 aliphatic heterocycles. The smallest absolute Gasteiger partial charge is 0.271 e. The van der Waals surface area contributed by atoms with E-state index in [1.165, 1.54) is 30.5 Å². The van der Waals surface area contributed by atoms with E-state index in [-0.39, 0.29) is 17.9 Å². The summed E-state index contributed by atoms with van der Waals surface area (Å²) in [7, 11) is 0. The van der Waals surface area contributed by atoms with E-state index in [1.54, 1.807) is 25.1 Å². The molecule has 10 nitrogen and oxygen atoms in total. The first-order valence-corrected chi connectivity index (χ1v) is 8.16. The number of non-ortho nitro benzene ring substituents is 1. The van der Waals surface area contributed by atoms with E-state index in [4.69, 9.17) is 15.2 Å². The SMILES string of the molecule is CCOc1cc(/C=N/NC(=O)c2ccc([N+](=O)[O-])cc2)ccc1OCC(N)=O. The second-order valence-corrected chi connectivity index (χ2v) is 5.40. The molecule has 0 aliphatic rings. The van der Waals surface area contributed by atoms with Crippen LogP contribution in [-0.2, 0) is 4.79 Å². The Morgan fingerprint density at radius 1 is 1.18 bits per heavy atom. The molecule has 0 bridgehead atoms. The number of benzene rings is 2. The van der Waals surface area contributed by atoms with Crippen LogP contribution in [0.15, 0.2) is 47.6 Å². The molecule has 2 aromatic carbocycles. The van der Waals surface area contributed by atoms with Gasteiger partial charge in [0.2, 0.25) is 0 Å². The number of nitro benzene ring substituents is 1. The van der Waals surface area contributed by atoms with Gasteiger partial charge in [0, 0.05) is 17.7 Å². The number of primary amides is 1. The maximum absolute atomic E-state index is 12.0. The van der Waals surface area contributed by atoms with Crippen molar-refractivity contribution in [2.45, 2.75) is 6.92 Å². The molecule has 0 aliphatic carbocycles. The molecule has 3 N–H and O–H groups in total. The van der Waals surface area contributed by atoms with Crippen LogP contribution in [0, 0.1) is 10.1 Å². The summed E-state index contributed by atoms with van der Waals surface area (Å²) in [5.74, 6) is -0.373. The third-order valence-electron chi connectivity index (χ3n) is 3.36. The van der Waals surface area contributed by atoms with Gasteiger partial charge in [0.15, 0.2) is 18.1 Å². The van der Waals surface area contributed by atoms with Crippen molar-refractivity contribution in [2.75, 3.05) is 13.2 Å². The quantitative estimate of drug-likeness (QED) is 0.380. The minimum absolute atomic E-state index is 0.109. The molecule has 2 aromatic rings. The lowest BCUT2D eigenvalue weighted by Gasteiger charge is -2.11. The Bertz CT molecular complexity index is 895. The van der Waals surface area contributed by atoms with Crippen molar-refractivity contribution in [1.29, 1.82) is 0 Å². The van der Waals surface area contributed by atoms with Crippen molar-refractivity contribution in [3.63, 3.8) is 0 Å². The predicted octanol–water partition coefficient (Wildman–Crippen LogP) is 1.62. The summed E-state index contributed by atoms with van der Waals surface area (Å²) in [6.45, 7) is 1.90. The summed E-state index contributed by atoms with van der Waals surface area (Å²) < 4.78 is 10.7. The summed E-state index contributed by atoms with van der Waals surface area (Å²) in [6.07, 6.45) is 1.39. The Balaban J connectivity index is 2.04. The van der Waals surface area contributed by atoms with Gasteiger partial charge in [-0.15, -0.1) is 0 Å². The Labute approximate surface area is 160 Å². The van der Waals surface area contributed by atoms with Crippen LogP contribution >= 0.6 is 0 Å². The molecular weight excluding hydrogens is 368 g/mol. The van der Waals surface area contributed by atoms with E-state index < -0.39 is 16.7 Å². The molecule has 0 atom stereocenters. The van der Waals surface area contributed by atoms with Gasteiger partial charge in [0.1, 0.15) is 0 Å².